The third kappa shape index (κ3) is 1.58. The molecule has 4 nitrogen and oxygen atoms in total. The van der Waals surface area contributed by atoms with Crippen LogP contribution >= 0.6 is 0 Å². The Morgan fingerprint density at radius 3 is 2.73 bits per heavy atom. The van der Waals surface area contributed by atoms with Crippen LogP contribution in [0.25, 0.3) is 0 Å². The fraction of sp³-hybridized carbons (Fsp3) is 0.429. The maximum atomic E-state index is 11.2. The highest BCUT2D eigenvalue weighted by molar-refractivity contribution is 6.39. The maximum Gasteiger partial charge on any atom is 0.221 e. The minimum Gasteiger partial charge on any atom is -0.337 e. The second-order valence-electron chi connectivity index (χ2n) is 2.60. The van der Waals surface area contributed by atoms with Crippen molar-refractivity contribution in [2.45, 2.75) is 13.8 Å². The number of hydrogen-bond acceptors (Lipinski definition) is 4. The van der Waals surface area contributed by atoms with Crippen molar-refractivity contribution < 1.29 is 9.63 Å². The van der Waals surface area contributed by atoms with E-state index in [0.717, 1.165) is 0 Å². The van der Waals surface area contributed by atoms with Gasteiger partial charge in [0, 0.05) is 5.92 Å². The molecule has 0 bridgehead atoms. The standard InChI is InChI=1S/C7H10N2O2/c1-4(2)6(10)7-8-5(3)11-9-7/h4H,3H2,1-2H3,(H,8,9). The smallest absolute Gasteiger partial charge is 0.221 e. The number of hydrogen-bond donors (Lipinski definition) is 1. The van der Waals surface area contributed by atoms with Gasteiger partial charge in [0.1, 0.15) is 0 Å². The van der Waals surface area contributed by atoms with Gasteiger partial charge < -0.3 is 10.2 Å². The predicted octanol–water partition coefficient (Wildman–Crippen LogP) is 0.616. The Morgan fingerprint density at radius 2 is 2.36 bits per heavy atom. The molecule has 0 radical (unpaired) electrons. The van der Waals surface area contributed by atoms with Crippen molar-refractivity contribution >= 4 is 11.6 Å². The lowest BCUT2D eigenvalue weighted by atomic mass is 10.1. The molecule has 0 fully saturated rings. The van der Waals surface area contributed by atoms with Crippen molar-refractivity contribution in [1.82, 2.24) is 5.32 Å². The van der Waals surface area contributed by atoms with E-state index in [4.69, 9.17) is 0 Å². The number of carbonyl (C=O) groups excluding carboxylic acids is 1. The molecule has 0 aliphatic carbocycles. The molecule has 1 aliphatic heterocycles. The summed E-state index contributed by atoms with van der Waals surface area (Å²) in [4.78, 5) is 15.8. The number of nitrogens with zero attached hydrogens (tertiary/aromatic N) is 1. The van der Waals surface area contributed by atoms with Crippen LogP contribution in [-0.4, -0.2) is 11.6 Å². The highest BCUT2D eigenvalue weighted by Crippen LogP contribution is 2.04. The van der Waals surface area contributed by atoms with Crippen LogP contribution in [0.5, 0.6) is 0 Å². The lowest BCUT2D eigenvalue weighted by Gasteiger charge is -2.00. The summed E-state index contributed by atoms with van der Waals surface area (Å²) in [5, 5.41) is 6.11. The molecule has 60 valence electrons. The van der Waals surface area contributed by atoms with Crippen molar-refractivity contribution in [3.05, 3.63) is 12.5 Å². The molecular weight excluding hydrogens is 144 g/mol. The molecule has 1 heterocycles. The van der Waals surface area contributed by atoms with Gasteiger partial charge in [-0.05, 0) is 6.58 Å². The monoisotopic (exact) mass is 154 g/mol. The van der Waals surface area contributed by atoms with Gasteiger partial charge in [-0.15, -0.1) is 0 Å². The molecule has 1 N–H and O–H groups in total. The van der Waals surface area contributed by atoms with Crippen LogP contribution in [0.1, 0.15) is 13.8 Å². The van der Waals surface area contributed by atoms with E-state index in [1.807, 2.05) is 0 Å². The quantitative estimate of drug-likeness (QED) is 0.634. The average Bonchev–Trinajstić information content (AvgIpc) is 2.34. The second-order valence-corrected chi connectivity index (χ2v) is 2.60. The lowest BCUT2D eigenvalue weighted by Crippen LogP contribution is -2.29. The Hall–Kier alpha value is -1.32. The molecule has 0 spiro atoms. The van der Waals surface area contributed by atoms with Crippen LogP contribution in [0.15, 0.2) is 17.6 Å². The minimum absolute atomic E-state index is 0.0661. The number of ketones is 1. The van der Waals surface area contributed by atoms with E-state index >= 15 is 0 Å². The normalized spacial score (nSPS) is 15.9. The summed E-state index contributed by atoms with van der Waals surface area (Å²) in [5.74, 6) is 0.401. The topological polar surface area (TPSA) is 50.7 Å². The number of rotatable bonds is 2. The Morgan fingerprint density at radius 1 is 1.73 bits per heavy atom. The summed E-state index contributed by atoms with van der Waals surface area (Å²) in [7, 11) is 0. The van der Waals surface area contributed by atoms with E-state index in [9.17, 15) is 4.79 Å². The third-order valence-electron chi connectivity index (χ3n) is 1.26. The van der Waals surface area contributed by atoms with Gasteiger partial charge in [0.15, 0.2) is 0 Å². The molecule has 0 aromatic heterocycles. The summed E-state index contributed by atoms with van der Waals surface area (Å²) < 4.78 is 0. The third-order valence-corrected chi connectivity index (χ3v) is 1.26. The van der Waals surface area contributed by atoms with Gasteiger partial charge in [-0.1, -0.05) is 19.0 Å². The summed E-state index contributed by atoms with van der Waals surface area (Å²) >= 11 is 0. The molecule has 4 heteroatoms. The fourth-order valence-corrected chi connectivity index (χ4v) is 0.658. The van der Waals surface area contributed by atoms with Gasteiger partial charge in [-0.25, -0.2) is 0 Å². The van der Waals surface area contributed by atoms with Crippen molar-refractivity contribution in [2.24, 2.45) is 11.1 Å². The van der Waals surface area contributed by atoms with E-state index in [-0.39, 0.29) is 17.5 Å². The van der Waals surface area contributed by atoms with Crippen LogP contribution in [0.2, 0.25) is 0 Å². The first-order valence-electron chi connectivity index (χ1n) is 3.36. The van der Waals surface area contributed by atoms with Crippen LogP contribution in [0, 0.1) is 5.92 Å². The van der Waals surface area contributed by atoms with Crippen molar-refractivity contribution in [2.75, 3.05) is 0 Å². The summed E-state index contributed by atoms with van der Waals surface area (Å²) in [6, 6.07) is 0. The SMILES string of the molecule is C=C1NC(C(=O)C(C)C)=NO1. The van der Waals surface area contributed by atoms with Crippen LogP contribution in [0.4, 0.5) is 0 Å². The number of Topliss-reactive ketones (excluding diaryl/α,β-unsaturated/α-hetero) is 1. The van der Waals surface area contributed by atoms with Crippen LogP contribution in [-0.2, 0) is 9.63 Å². The van der Waals surface area contributed by atoms with E-state index < -0.39 is 0 Å². The predicted molar refractivity (Wildman–Crippen MR) is 40.6 cm³/mol. The highest BCUT2D eigenvalue weighted by atomic mass is 16.7. The first-order valence-corrected chi connectivity index (χ1v) is 3.36. The highest BCUT2D eigenvalue weighted by Gasteiger charge is 2.21. The largest absolute Gasteiger partial charge is 0.337 e. The molecule has 0 aromatic rings. The summed E-state index contributed by atoms with van der Waals surface area (Å²) in [5.41, 5.74) is 0. The first kappa shape index (κ1) is 7.78. The number of carbonyl (C=O) groups is 1. The van der Waals surface area contributed by atoms with E-state index in [1.54, 1.807) is 13.8 Å². The van der Waals surface area contributed by atoms with Gasteiger partial charge in [0.05, 0.1) is 0 Å². The van der Waals surface area contributed by atoms with E-state index in [1.165, 1.54) is 0 Å². The van der Waals surface area contributed by atoms with Crippen LogP contribution < -0.4 is 5.32 Å². The van der Waals surface area contributed by atoms with Crippen LogP contribution in [0.3, 0.4) is 0 Å². The Balaban J connectivity index is 2.63. The average molecular weight is 154 g/mol. The van der Waals surface area contributed by atoms with Gasteiger partial charge >= 0.3 is 0 Å². The molecule has 0 saturated heterocycles. The molecule has 0 unspecified atom stereocenters. The molecule has 1 rings (SSSR count). The van der Waals surface area contributed by atoms with Gasteiger partial charge in [-0.2, -0.15) is 0 Å². The Bertz CT molecular complexity index is 231. The molecule has 0 amide bonds. The van der Waals surface area contributed by atoms with Crippen molar-refractivity contribution in [3.8, 4) is 0 Å². The summed E-state index contributed by atoms with van der Waals surface area (Å²) in [6.07, 6.45) is 0. The fourth-order valence-electron chi connectivity index (χ4n) is 0.658. The number of amidine groups is 1. The molecular formula is C7H10N2O2. The van der Waals surface area contributed by atoms with E-state index in [0.29, 0.717) is 5.88 Å². The zero-order chi connectivity index (χ0) is 8.43. The van der Waals surface area contributed by atoms with Gasteiger partial charge in [-0.3, -0.25) is 4.79 Å². The molecule has 1 aliphatic rings. The molecule has 11 heavy (non-hydrogen) atoms. The van der Waals surface area contributed by atoms with Crippen molar-refractivity contribution in [3.63, 3.8) is 0 Å². The maximum absolute atomic E-state index is 11.2. The zero-order valence-electron chi connectivity index (χ0n) is 6.55. The lowest BCUT2D eigenvalue weighted by molar-refractivity contribution is -0.115. The first-order chi connectivity index (χ1) is 5.11. The van der Waals surface area contributed by atoms with Gasteiger partial charge in [0.2, 0.25) is 17.5 Å². The Kier molecular flexibility index (Phi) is 1.94. The van der Waals surface area contributed by atoms with Gasteiger partial charge in [0.25, 0.3) is 0 Å². The molecule has 0 atom stereocenters. The molecule has 0 aromatic carbocycles. The van der Waals surface area contributed by atoms with E-state index in [2.05, 4.69) is 21.9 Å². The van der Waals surface area contributed by atoms with Crippen molar-refractivity contribution in [1.29, 1.82) is 0 Å². The number of nitrogens with one attached hydrogen (secondary N) is 1. The zero-order valence-corrected chi connectivity index (χ0v) is 6.55. The molecule has 0 saturated carbocycles. The minimum atomic E-state index is -0.0734. The number of oxime groups is 1. The summed E-state index contributed by atoms with van der Waals surface area (Å²) in [6.45, 7) is 7.04. The Labute approximate surface area is 64.9 Å². The second kappa shape index (κ2) is 2.74.